The van der Waals surface area contributed by atoms with E-state index in [4.69, 9.17) is 27.9 Å². The minimum Gasteiger partial charge on any atom is -0.344 e. The fourth-order valence-corrected chi connectivity index (χ4v) is 5.55. The Morgan fingerprint density at radius 1 is 1.09 bits per heavy atom. The number of ether oxygens (including phenoxy) is 1. The maximum absolute atomic E-state index is 13.9. The molecule has 1 fully saturated rings. The average Bonchev–Trinajstić information content (AvgIpc) is 3.30. The first-order chi connectivity index (χ1) is 15.9. The number of amides is 1. The van der Waals surface area contributed by atoms with E-state index in [-0.39, 0.29) is 18.6 Å². The van der Waals surface area contributed by atoms with Gasteiger partial charge in [0.25, 0.3) is 5.91 Å². The van der Waals surface area contributed by atoms with Crippen LogP contribution in [0.15, 0.2) is 65.3 Å². The van der Waals surface area contributed by atoms with Crippen molar-refractivity contribution in [3.05, 3.63) is 97.7 Å². The number of hydrogen-bond acceptors (Lipinski definition) is 3. The first-order valence-corrected chi connectivity index (χ1v) is 12.6. The second-order valence-corrected chi connectivity index (χ2v) is 10.6. The average molecular weight is 546 g/mol. The Labute approximate surface area is 212 Å². The lowest BCUT2D eigenvalue weighted by Gasteiger charge is -2.41. The minimum atomic E-state index is -1.08. The Bertz CT molecular complexity index is 1190. The molecule has 1 aromatic heterocycles. The molecular weight excluding hydrogens is 523 g/mol. The van der Waals surface area contributed by atoms with Gasteiger partial charge in [0.2, 0.25) is 0 Å². The predicted molar refractivity (Wildman–Crippen MR) is 133 cm³/mol. The van der Waals surface area contributed by atoms with Crippen LogP contribution in [0.5, 0.6) is 0 Å². The highest BCUT2D eigenvalue weighted by atomic mass is 79.9. The number of halogens is 3. The summed E-state index contributed by atoms with van der Waals surface area (Å²) in [4.78, 5) is 20.1. The third kappa shape index (κ3) is 4.21. The molecule has 1 amide bonds. The van der Waals surface area contributed by atoms with E-state index in [0.29, 0.717) is 21.5 Å². The largest absolute Gasteiger partial charge is 0.344 e. The number of pyridine rings is 1. The van der Waals surface area contributed by atoms with Crippen molar-refractivity contribution >= 4 is 45.0 Å². The molecule has 3 aromatic rings. The molecule has 170 valence electrons. The zero-order chi connectivity index (χ0) is 23.2. The van der Waals surface area contributed by atoms with Crippen LogP contribution in [0.1, 0.15) is 53.4 Å². The van der Waals surface area contributed by atoms with Crippen LogP contribution in [-0.2, 0) is 17.0 Å². The van der Waals surface area contributed by atoms with Gasteiger partial charge in [-0.05, 0) is 61.6 Å². The molecule has 0 saturated heterocycles. The van der Waals surface area contributed by atoms with E-state index >= 15 is 0 Å². The molecule has 0 N–H and O–H groups in total. The molecule has 3 atom stereocenters. The summed E-state index contributed by atoms with van der Waals surface area (Å²) in [5, 5.41) is 1.19. The molecule has 4 nitrogen and oxygen atoms in total. The van der Waals surface area contributed by atoms with Crippen LogP contribution >= 0.6 is 39.1 Å². The summed E-state index contributed by atoms with van der Waals surface area (Å²) in [5.74, 6) is 0.495. The first-order valence-electron chi connectivity index (χ1n) is 11.0. The van der Waals surface area contributed by atoms with Gasteiger partial charge in [-0.1, -0.05) is 64.3 Å². The number of hydrogen-bond donors (Lipinski definition) is 0. The molecule has 0 bridgehead atoms. The number of aromatic nitrogens is 1. The molecule has 2 heterocycles. The summed E-state index contributed by atoms with van der Waals surface area (Å²) >= 11 is 15.8. The Hall–Kier alpha value is -1.92. The van der Waals surface area contributed by atoms with Gasteiger partial charge in [0.15, 0.2) is 5.72 Å². The normalized spacial score (nSPS) is 24.4. The monoisotopic (exact) mass is 544 g/mol. The van der Waals surface area contributed by atoms with Gasteiger partial charge in [0.1, 0.15) is 0 Å². The van der Waals surface area contributed by atoms with Crippen molar-refractivity contribution in [2.45, 2.75) is 44.6 Å². The maximum Gasteiger partial charge on any atom is 0.257 e. The molecule has 7 heteroatoms. The molecule has 2 aromatic carbocycles. The van der Waals surface area contributed by atoms with Crippen molar-refractivity contribution in [2.24, 2.45) is 5.92 Å². The summed E-state index contributed by atoms with van der Waals surface area (Å²) < 4.78 is 7.84. The summed E-state index contributed by atoms with van der Waals surface area (Å²) in [7, 11) is 0. The second kappa shape index (κ2) is 9.03. The molecule has 1 aliphatic heterocycles. The van der Waals surface area contributed by atoms with Gasteiger partial charge < -0.3 is 4.74 Å². The van der Waals surface area contributed by atoms with Gasteiger partial charge in [-0.15, -0.1) is 0 Å². The van der Waals surface area contributed by atoms with E-state index in [1.54, 1.807) is 17.2 Å². The van der Waals surface area contributed by atoms with Crippen molar-refractivity contribution in [1.29, 1.82) is 0 Å². The van der Waals surface area contributed by atoms with Crippen LogP contribution in [0.2, 0.25) is 10.0 Å². The molecule has 1 saturated carbocycles. The van der Waals surface area contributed by atoms with Crippen LogP contribution in [0.25, 0.3) is 0 Å². The zero-order valence-electron chi connectivity index (χ0n) is 18.1. The van der Waals surface area contributed by atoms with Gasteiger partial charge in [-0.25, -0.2) is 0 Å². The quantitative estimate of drug-likeness (QED) is 0.340. The van der Waals surface area contributed by atoms with Gasteiger partial charge in [-0.2, -0.15) is 0 Å². The van der Waals surface area contributed by atoms with Crippen molar-refractivity contribution in [3.63, 3.8) is 0 Å². The van der Waals surface area contributed by atoms with Crippen molar-refractivity contribution in [3.8, 4) is 0 Å². The van der Waals surface area contributed by atoms with E-state index in [1.165, 1.54) is 0 Å². The van der Waals surface area contributed by atoms with E-state index < -0.39 is 5.72 Å². The van der Waals surface area contributed by atoms with Crippen LogP contribution in [0.3, 0.4) is 0 Å². The number of nitrogens with zero attached hydrogens (tertiary/aromatic N) is 2. The Morgan fingerprint density at radius 3 is 2.52 bits per heavy atom. The van der Waals surface area contributed by atoms with Gasteiger partial charge in [0.05, 0.1) is 23.4 Å². The molecule has 5 rings (SSSR count). The first kappa shape index (κ1) is 22.9. The lowest BCUT2D eigenvalue weighted by molar-refractivity contribution is -0.146. The zero-order valence-corrected chi connectivity index (χ0v) is 21.2. The van der Waals surface area contributed by atoms with E-state index in [2.05, 4.69) is 27.8 Å². The standard InChI is InChI=1S/C26H23BrCl2N2O2/c1-16-2-10-22(12-16)33-26(17-3-6-19(28)7-4-17)24-11-5-18(27)13-23(24)25(32)31(26)15-21-9-8-20(29)14-30-21/h3-9,11,13-14,16,22H,2,10,12,15H2,1H3. The van der Waals surface area contributed by atoms with E-state index in [9.17, 15) is 4.79 Å². The predicted octanol–water partition coefficient (Wildman–Crippen LogP) is 7.21. The van der Waals surface area contributed by atoms with Crippen LogP contribution < -0.4 is 0 Å². The van der Waals surface area contributed by atoms with Gasteiger partial charge in [0, 0.05) is 32.4 Å². The smallest absolute Gasteiger partial charge is 0.257 e. The molecule has 2 aliphatic rings. The number of fused-ring (bicyclic) bond motifs is 1. The summed E-state index contributed by atoms with van der Waals surface area (Å²) in [6.07, 6.45) is 4.68. The fourth-order valence-electron chi connectivity index (χ4n) is 4.95. The Morgan fingerprint density at radius 2 is 1.85 bits per heavy atom. The van der Waals surface area contributed by atoms with Crippen molar-refractivity contribution in [2.75, 3.05) is 0 Å². The fraction of sp³-hybridized carbons (Fsp3) is 0.308. The lowest BCUT2D eigenvalue weighted by atomic mass is 9.93. The molecule has 3 unspecified atom stereocenters. The van der Waals surface area contributed by atoms with E-state index in [0.717, 1.165) is 40.6 Å². The molecule has 0 radical (unpaired) electrons. The Kier molecular flexibility index (Phi) is 6.25. The van der Waals surface area contributed by atoms with Gasteiger partial charge >= 0.3 is 0 Å². The van der Waals surface area contributed by atoms with Crippen LogP contribution in [0.4, 0.5) is 0 Å². The van der Waals surface area contributed by atoms with Crippen molar-refractivity contribution in [1.82, 2.24) is 9.88 Å². The maximum atomic E-state index is 13.9. The number of carbonyl (C=O) groups is 1. The highest BCUT2D eigenvalue weighted by Gasteiger charge is 2.53. The summed E-state index contributed by atoms with van der Waals surface area (Å²) in [5.41, 5.74) is 2.00. The topological polar surface area (TPSA) is 42.4 Å². The van der Waals surface area contributed by atoms with Gasteiger partial charge in [-0.3, -0.25) is 14.7 Å². The Balaban J connectivity index is 1.69. The van der Waals surface area contributed by atoms with Crippen LogP contribution in [-0.4, -0.2) is 21.9 Å². The number of benzene rings is 2. The summed E-state index contributed by atoms with van der Waals surface area (Å²) in [6.45, 7) is 2.53. The number of carbonyl (C=O) groups excluding carboxylic acids is 1. The third-order valence-corrected chi connectivity index (χ3v) is 7.50. The molecular formula is C26H23BrCl2N2O2. The highest BCUT2D eigenvalue weighted by Crippen LogP contribution is 2.49. The molecule has 0 spiro atoms. The summed E-state index contributed by atoms with van der Waals surface area (Å²) in [6, 6.07) is 17.1. The van der Waals surface area contributed by atoms with E-state index in [1.807, 2.05) is 48.5 Å². The third-order valence-electron chi connectivity index (χ3n) is 6.53. The molecule has 33 heavy (non-hydrogen) atoms. The van der Waals surface area contributed by atoms with Crippen LogP contribution in [0, 0.1) is 5.92 Å². The second-order valence-electron chi connectivity index (χ2n) is 8.86. The lowest BCUT2D eigenvalue weighted by Crippen LogP contribution is -2.48. The van der Waals surface area contributed by atoms with Crippen molar-refractivity contribution < 1.29 is 9.53 Å². The number of rotatable bonds is 5. The SMILES string of the molecule is CC1CCC(OC2(c3ccc(Cl)cc3)c3ccc(Br)cc3C(=O)N2Cc2ccc(Cl)cn2)C1. The minimum absolute atomic E-state index is 0.0405. The molecule has 1 aliphatic carbocycles. The highest BCUT2D eigenvalue weighted by molar-refractivity contribution is 9.10.